The Balaban J connectivity index is 2.33. The van der Waals surface area contributed by atoms with Crippen molar-refractivity contribution in [3.8, 4) is 0 Å². The maximum absolute atomic E-state index is 7.26. The Morgan fingerprint density at radius 1 is 1.80 bits per heavy atom. The summed E-state index contributed by atoms with van der Waals surface area (Å²) >= 11 is 0. The van der Waals surface area contributed by atoms with Crippen LogP contribution in [-0.4, -0.2) is 19.5 Å². The lowest BCUT2D eigenvalue weighted by molar-refractivity contribution is -0.155. The van der Waals surface area contributed by atoms with E-state index < -0.39 is 12.8 Å². The van der Waals surface area contributed by atoms with E-state index >= 15 is 0 Å². The molecule has 0 aromatic heterocycles. The Bertz CT molecular complexity index is 153. The van der Waals surface area contributed by atoms with Crippen molar-refractivity contribution in [2.24, 2.45) is 0 Å². The second-order valence-electron chi connectivity index (χ2n) is 2.24. The molecule has 0 saturated carbocycles. The minimum absolute atomic E-state index is 0.397. The highest BCUT2D eigenvalue weighted by Crippen LogP contribution is 2.13. The first-order valence-electron chi connectivity index (χ1n) is 4.57. The SMILES string of the molecule is [2H]C([2H])(C=C)OC1CCCCO1. The van der Waals surface area contributed by atoms with E-state index in [1.165, 1.54) is 0 Å². The van der Waals surface area contributed by atoms with Crippen LogP contribution in [-0.2, 0) is 9.47 Å². The predicted octanol–water partition coefficient (Wildman–Crippen LogP) is 1.72. The first-order chi connectivity index (χ1) is 5.64. The van der Waals surface area contributed by atoms with Crippen LogP contribution in [0.4, 0.5) is 0 Å². The summed E-state index contributed by atoms with van der Waals surface area (Å²) in [4.78, 5) is 0. The summed E-state index contributed by atoms with van der Waals surface area (Å²) < 4.78 is 24.7. The lowest BCUT2D eigenvalue weighted by Crippen LogP contribution is -2.22. The van der Waals surface area contributed by atoms with Gasteiger partial charge in [0, 0.05) is 6.61 Å². The molecule has 0 amide bonds. The molecule has 0 aliphatic carbocycles. The van der Waals surface area contributed by atoms with Gasteiger partial charge in [-0.1, -0.05) is 6.08 Å². The Morgan fingerprint density at radius 3 is 3.30 bits per heavy atom. The van der Waals surface area contributed by atoms with E-state index in [0.29, 0.717) is 6.61 Å². The van der Waals surface area contributed by atoms with Crippen LogP contribution in [0, 0.1) is 0 Å². The predicted molar refractivity (Wildman–Crippen MR) is 39.7 cm³/mol. The summed E-state index contributed by atoms with van der Waals surface area (Å²) in [6.07, 6.45) is 3.60. The van der Waals surface area contributed by atoms with Crippen molar-refractivity contribution in [2.75, 3.05) is 13.2 Å². The van der Waals surface area contributed by atoms with Crippen LogP contribution in [0.15, 0.2) is 12.7 Å². The second kappa shape index (κ2) is 4.47. The van der Waals surface area contributed by atoms with Gasteiger partial charge in [0.15, 0.2) is 6.29 Å². The lowest BCUT2D eigenvalue weighted by atomic mass is 10.2. The number of ether oxygens (including phenoxy) is 2. The summed E-state index contributed by atoms with van der Waals surface area (Å²) in [5, 5.41) is 0. The molecule has 1 atom stereocenters. The molecule has 1 aliphatic heterocycles. The smallest absolute Gasteiger partial charge is 0.157 e. The van der Waals surface area contributed by atoms with E-state index in [1.807, 2.05) is 0 Å². The van der Waals surface area contributed by atoms with Gasteiger partial charge in [0.2, 0.25) is 0 Å². The summed E-state index contributed by atoms with van der Waals surface area (Å²) in [6, 6.07) is 0. The van der Waals surface area contributed by atoms with Crippen molar-refractivity contribution in [1.29, 1.82) is 0 Å². The van der Waals surface area contributed by atoms with Gasteiger partial charge < -0.3 is 9.47 Å². The molecule has 0 N–H and O–H groups in total. The zero-order valence-electron chi connectivity index (χ0n) is 8.01. The summed E-state index contributed by atoms with van der Waals surface area (Å²) in [5.41, 5.74) is 0. The molecule has 10 heavy (non-hydrogen) atoms. The molecule has 1 fully saturated rings. The molecule has 1 rings (SSSR count). The molecule has 2 heteroatoms. The van der Waals surface area contributed by atoms with Crippen LogP contribution in [0.2, 0.25) is 0 Å². The third-order valence-electron chi connectivity index (χ3n) is 1.42. The average Bonchev–Trinajstić information content (AvgIpc) is 2.06. The maximum atomic E-state index is 7.26. The molecule has 1 heterocycles. The van der Waals surface area contributed by atoms with Crippen molar-refractivity contribution < 1.29 is 12.2 Å². The van der Waals surface area contributed by atoms with Crippen LogP contribution in [0.1, 0.15) is 22.0 Å². The second-order valence-corrected chi connectivity index (χ2v) is 2.24. The molecular formula is C8H14O2. The van der Waals surface area contributed by atoms with Crippen LogP contribution in [0.25, 0.3) is 0 Å². The van der Waals surface area contributed by atoms with Crippen molar-refractivity contribution >= 4 is 0 Å². The van der Waals surface area contributed by atoms with Gasteiger partial charge in [-0.3, -0.25) is 0 Å². The van der Waals surface area contributed by atoms with Crippen molar-refractivity contribution in [3.63, 3.8) is 0 Å². The minimum atomic E-state index is -1.76. The number of hydrogen-bond donors (Lipinski definition) is 0. The largest absolute Gasteiger partial charge is 0.353 e. The Morgan fingerprint density at radius 2 is 2.70 bits per heavy atom. The maximum Gasteiger partial charge on any atom is 0.157 e. The first-order valence-corrected chi connectivity index (χ1v) is 3.57. The van der Waals surface area contributed by atoms with Gasteiger partial charge in [0.05, 0.1) is 9.30 Å². The molecular weight excluding hydrogens is 128 g/mol. The van der Waals surface area contributed by atoms with E-state index in [4.69, 9.17) is 12.2 Å². The molecule has 1 aliphatic rings. The normalized spacial score (nSPS) is 30.6. The Labute approximate surface area is 64.6 Å². The van der Waals surface area contributed by atoms with Gasteiger partial charge in [0.1, 0.15) is 0 Å². The monoisotopic (exact) mass is 144 g/mol. The number of rotatable bonds is 3. The molecule has 2 nitrogen and oxygen atoms in total. The third-order valence-corrected chi connectivity index (χ3v) is 1.42. The highest BCUT2D eigenvalue weighted by atomic mass is 16.7. The van der Waals surface area contributed by atoms with Gasteiger partial charge in [-0.25, -0.2) is 0 Å². The van der Waals surface area contributed by atoms with Crippen LogP contribution in [0.3, 0.4) is 0 Å². The van der Waals surface area contributed by atoms with Gasteiger partial charge in [0.25, 0.3) is 0 Å². The molecule has 1 saturated heterocycles. The summed E-state index contributed by atoms with van der Waals surface area (Å²) in [6.45, 7) is 2.24. The Kier molecular flexibility index (Phi) is 2.38. The Hall–Kier alpha value is -0.340. The first kappa shape index (κ1) is 5.33. The summed E-state index contributed by atoms with van der Waals surface area (Å²) in [5.74, 6) is 0. The summed E-state index contributed by atoms with van der Waals surface area (Å²) in [7, 11) is 0. The fourth-order valence-corrected chi connectivity index (χ4v) is 0.928. The molecule has 0 bridgehead atoms. The minimum Gasteiger partial charge on any atom is -0.353 e. The van der Waals surface area contributed by atoms with E-state index in [-0.39, 0.29) is 0 Å². The van der Waals surface area contributed by atoms with Crippen LogP contribution >= 0.6 is 0 Å². The lowest BCUT2D eigenvalue weighted by Gasteiger charge is -2.21. The van der Waals surface area contributed by atoms with Crippen molar-refractivity contribution in [3.05, 3.63) is 12.7 Å². The van der Waals surface area contributed by atoms with Gasteiger partial charge in [-0.05, 0) is 19.3 Å². The van der Waals surface area contributed by atoms with E-state index in [2.05, 4.69) is 6.58 Å². The number of hydrogen-bond acceptors (Lipinski definition) is 2. The highest BCUT2D eigenvalue weighted by Gasteiger charge is 2.12. The molecule has 0 aromatic carbocycles. The van der Waals surface area contributed by atoms with Gasteiger partial charge in [-0.2, -0.15) is 0 Å². The topological polar surface area (TPSA) is 18.5 Å². The molecule has 1 unspecified atom stereocenters. The van der Waals surface area contributed by atoms with E-state index in [0.717, 1.165) is 25.3 Å². The fraction of sp³-hybridized carbons (Fsp3) is 0.750. The van der Waals surface area contributed by atoms with Crippen LogP contribution in [0.5, 0.6) is 0 Å². The molecule has 0 spiro atoms. The van der Waals surface area contributed by atoms with E-state index in [9.17, 15) is 0 Å². The average molecular weight is 144 g/mol. The quantitative estimate of drug-likeness (QED) is 0.561. The zero-order chi connectivity index (χ0) is 9.03. The van der Waals surface area contributed by atoms with Crippen molar-refractivity contribution in [1.82, 2.24) is 0 Å². The fourth-order valence-electron chi connectivity index (χ4n) is 0.928. The highest BCUT2D eigenvalue weighted by molar-refractivity contribution is 4.65. The van der Waals surface area contributed by atoms with E-state index in [1.54, 1.807) is 0 Å². The third kappa shape index (κ3) is 2.50. The molecule has 58 valence electrons. The van der Waals surface area contributed by atoms with Crippen LogP contribution < -0.4 is 0 Å². The zero-order valence-corrected chi connectivity index (χ0v) is 6.01. The molecule has 0 aromatic rings. The van der Waals surface area contributed by atoms with Gasteiger partial charge >= 0.3 is 0 Å². The standard InChI is InChI=1S/C8H14O2/c1-2-6-9-8-5-3-4-7-10-8/h2,8H,1,3-7H2/i6D2. The van der Waals surface area contributed by atoms with Crippen molar-refractivity contribution in [2.45, 2.75) is 25.6 Å². The van der Waals surface area contributed by atoms with Gasteiger partial charge in [-0.15, -0.1) is 6.58 Å². The molecule has 0 radical (unpaired) electrons.